The molecule has 1 aliphatic carbocycles. The molecule has 1 aliphatic rings. The summed E-state index contributed by atoms with van der Waals surface area (Å²) in [5.41, 5.74) is 6.41. The van der Waals surface area contributed by atoms with Crippen LogP contribution in [0.3, 0.4) is 0 Å². The van der Waals surface area contributed by atoms with Crippen molar-refractivity contribution < 1.29 is 0 Å². The Labute approximate surface area is 194 Å². The molecule has 0 spiro atoms. The highest BCUT2D eigenvalue weighted by molar-refractivity contribution is 8.06. The third-order valence-electron chi connectivity index (χ3n) is 6.84. The molecule has 1 saturated carbocycles. The van der Waals surface area contributed by atoms with Crippen molar-refractivity contribution in [3.8, 4) is 0 Å². The Balaban J connectivity index is 1.77. The second kappa shape index (κ2) is 10.5. The molecule has 1 fully saturated rings. The molecule has 4 rings (SSSR count). The van der Waals surface area contributed by atoms with E-state index in [9.17, 15) is 0 Å². The second-order valence-corrected chi connectivity index (χ2v) is 13.9. The van der Waals surface area contributed by atoms with E-state index >= 15 is 0 Å². The molecule has 3 aromatic rings. The van der Waals surface area contributed by atoms with Gasteiger partial charge in [-0.3, -0.25) is 15.0 Å². The van der Waals surface area contributed by atoms with Crippen molar-refractivity contribution in [1.82, 2.24) is 15.0 Å². The fraction of sp³-hybridized carbons (Fsp3) is 0.370. The Hall–Kier alpha value is -2.32. The molecule has 5 heteroatoms. The van der Waals surface area contributed by atoms with Crippen LogP contribution >= 0.6 is 7.14 Å². The smallest absolute Gasteiger partial charge is 0.266 e. The zero-order valence-corrected chi connectivity index (χ0v) is 20.5. The number of pyridine rings is 3. The SMILES string of the molecule is C/C(=C(\C[P+](C)(C)B(c1ccccn1)c1ccccn1)C1CCCCC1)c1ccccn1. The van der Waals surface area contributed by atoms with Crippen LogP contribution in [0.4, 0.5) is 0 Å². The summed E-state index contributed by atoms with van der Waals surface area (Å²) in [6.45, 7) is 7.29. The molecule has 0 N–H and O–H groups in total. The van der Waals surface area contributed by atoms with Gasteiger partial charge in [-0.15, -0.1) is 0 Å². The first-order valence-electron chi connectivity index (χ1n) is 11.8. The molecule has 32 heavy (non-hydrogen) atoms. The van der Waals surface area contributed by atoms with Crippen LogP contribution in [-0.2, 0) is 0 Å². The molecule has 0 radical (unpaired) electrons. The van der Waals surface area contributed by atoms with Crippen LogP contribution in [0.25, 0.3) is 5.57 Å². The Morgan fingerprint density at radius 3 is 1.88 bits per heavy atom. The van der Waals surface area contributed by atoms with Gasteiger partial charge in [0, 0.05) is 31.9 Å². The van der Waals surface area contributed by atoms with Gasteiger partial charge in [-0.25, -0.2) is 0 Å². The van der Waals surface area contributed by atoms with Crippen molar-refractivity contribution >= 4 is 30.3 Å². The normalized spacial score (nSPS) is 15.8. The van der Waals surface area contributed by atoms with Crippen LogP contribution < -0.4 is 11.2 Å². The van der Waals surface area contributed by atoms with E-state index in [4.69, 9.17) is 15.0 Å². The predicted molar refractivity (Wildman–Crippen MR) is 141 cm³/mol. The van der Waals surface area contributed by atoms with E-state index in [2.05, 4.69) is 56.7 Å². The molecule has 3 nitrogen and oxygen atoms in total. The lowest BCUT2D eigenvalue weighted by Gasteiger charge is -2.32. The number of aromatic nitrogens is 3. The first-order valence-corrected chi connectivity index (χ1v) is 14.8. The van der Waals surface area contributed by atoms with Gasteiger partial charge < -0.3 is 0 Å². The third kappa shape index (κ3) is 5.35. The van der Waals surface area contributed by atoms with Crippen molar-refractivity contribution in [2.24, 2.45) is 5.92 Å². The summed E-state index contributed by atoms with van der Waals surface area (Å²) in [6, 6.07) is 18.9. The lowest BCUT2D eigenvalue weighted by atomic mass is 9.67. The average Bonchev–Trinajstić information content (AvgIpc) is 2.84. The fourth-order valence-corrected chi connectivity index (χ4v) is 8.52. The molecule has 0 bridgehead atoms. The van der Waals surface area contributed by atoms with Gasteiger partial charge in [0.25, 0.3) is 0 Å². The van der Waals surface area contributed by atoms with Crippen molar-refractivity contribution in [3.05, 3.63) is 84.5 Å². The highest BCUT2D eigenvalue weighted by Gasteiger charge is 2.48. The van der Waals surface area contributed by atoms with E-state index in [1.807, 2.05) is 36.8 Å². The van der Waals surface area contributed by atoms with Crippen LogP contribution in [0, 0.1) is 5.92 Å². The van der Waals surface area contributed by atoms with E-state index in [1.165, 1.54) is 37.7 Å². The summed E-state index contributed by atoms with van der Waals surface area (Å²) in [4.78, 5) is 14.3. The number of rotatable bonds is 7. The van der Waals surface area contributed by atoms with Crippen LogP contribution in [-0.4, -0.2) is 40.9 Å². The number of nitrogens with zero attached hydrogens (tertiary/aromatic N) is 3. The molecule has 0 aromatic carbocycles. The zero-order valence-electron chi connectivity index (χ0n) is 19.6. The van der Waals surface area contributed by atoms with Crippen molar-refractivity contribution in [2.45, 2.75) is 39.0 Å². The highest BCUT2D eigenvalue weighted by atomic mass is 31.2. The molecular formula is C27H34BN3P+. The summed E-state index contributed by atoms with van der Waals surface area (Å²) in [7, 11) is -1.50. The Bertz CT molecular complexity index is 977. The van der Waals surface area contributed by atoms with Gasteiger partial charge in [0.15, 0.2) is 0 Å². The number of hydrogen-bond acceptors (Lipinski definition) is 3. The molecule has 3 heterocycles. The van der Waals surface area contributed by atoms with Crippen molar-refractivity contribution in [3.63, 3.8) is 0 Å². The molecule has 0 unspecified atom stereocenters. The van der Waals surface area contributed by atoms with Gasteiger partial charge in [-0.2, -0.15) is 0 Å². The predicted octanol–water partition coefficient (Wildman–Crippen LogP) is 5.31. The van der Waals surface area contributed by atoms with E-state index in [-0.39, 0.29) is 6.43 Å². The third-order valence-corrected chi connectivity index (χ3v) is 9.92. The van der Waals surface area contributed by atoms with E-state index in [0.717, 1.165) is 23.0 Å². The maximum Gasteiger partial charge on any atom is 0.445 e. The summed E-state index contributed by atoms with van der Waals surface area (Å²) in [5.74, 6) is 0.665. The Morgan fingerprint density at radius 2 is 1.38 bits per heavy atom. The lowest BCUT2D eigenvalue weighted by molar-refractivity contribution is 0.404. The maximum atomic E-state index is 4.80. The zero-order chi connectivity index (χ0) is 22.4. The molecule has 0 aliphatic heterocycles. The van der Waals surface area contributed by atoms with Crippen molar-refractivity contribution in [2.75, 3.05) is 19.5 Å². The van der Waals surface area contributed by atoms with Gasteiger partial charge in [-0.1, -0.05) is 37.5 Å². The quantitative estimate of drug-likeness (QED) is 0.368. The van der Waals surface area contributed by atoms with E-state index < -0.39 is 7.14 Å². The Morgan fingerprint density at radius 1 is 0.812 bits per heavy atom. The van der Waals surface area contributed by atoms with E-state index in [0.29, 0.717) is 5.92 Å². The number of allylic oxidation sites excluding steroid dienone is 2. The molecule has 164 valence electrons. The minimum atomic E-state index is -1.50. The lowest BCUT2D eigenvalue weighted by Crippen LogP contribution is -2.47. The van der Waals surface area contributed by atoms with Crippen LogP contribution in [0.5, 0.6) is 0 Å². The molecular weight excluding hydrogens is 408 g/mol. The highest BCUT2D eigenvalue weighted by Crippen LogP contribution is 2.56. The van der Waals surface area contributed by atoms with Gasteiger partial charge in [0.1, 0.15) is 0 Å². The molecule has 0 atom stereocenters. The van der Waals surface area contributed by atoms with Gasteiger partial charge >= 0.3 is 6.43 Å². The van der Waals surface area contributed by atoms with Crippen LogP contribution in [0.15, 0.2) is 78.8 Å². The molecule has 0 amide bonds. The largest absolute Gasteiger partial charge is 0.445 e. The standard InChI is InChI=1S/C27H34BN3P/c1-22(25-15-7-10-18-29-25)24(23-13-5-4-6-14-23)21-32(2,3)28(26-16-8-11-19-30-26)27-17-9-12-20-31-27/h7-12,15-20,23H,4-6,13-14,21H2,1-3H3/q+1/b24-22-. The van der Waals surface area contributed by atoms with Crippen LogP contribution in [0.2, 0.25) is 0 Å². The minimum Gasteiger partial charge on any atom is -0.266 e. The minimum absolute atomic E-state index is 0.236. The average molecular weight is 442 g/mol. The summed E-state index contributed by atoms with van der Waals surface area (Å²) in [6.07, 6.45) is 13.8. The van der Waals surface area contributed by atoms with E-state index in [1.54, 1.807) is 5.57 Å². The first-order chi connectivity index (χ1) is 15.6. The maximum absolute atomic E-state index is 4.80. The summed E-state index contributed by atoms with van der Waals surface area (Å²) >= 11 is 0. The van der Waals surface area contributed by atoms with Gasteiger partial charge in [-0.05, 0) is 80.4 Å². The molecule has 3 aromatic heterocycles. The number of hydrogen-bond donors (Lipinski definition) is 0. The van der Waals surface area contributed by atoms with Crippen molar-refractivity contribution in [1.29, 1.82) is 0 Å². The fourth-order valence-electron chi connectivity index (χ4n) is 5.23. The second-order valence-electron chi connectivity index (χ2n) is 9.55. The molecule has 0 saturated heterocycles. The van der Waals surface area contributed by atoms with Gasteiger partial charge in [0.2, 0.25) is 0 Å². The summed E-state index contributed by atoms with van der Waals surface area (Å²) in [5, 5.41) is 0. The summed E-state index contributed by atoms with van der Waals surface area (Å²) < 4.78 is 0. The van der Waals surface area contributed by atoms with Crippen LogP contribution in [0.1, 0.15) is 44.7 Å². The topological polar surface area (TPSA) is 38.7 Å². The Kier molecular flexibility index (Phi) is 7.53. The van der Waals surface area contributed by atoms with Gasteiger partial charge in [0.05, 0.1) is 23.0 Å². The monoisotopic (exact) mass is 442 g/mol. The first kappa shape index (κ1) is 22.9.